The number of H-pyrrole nitrogens is 1. The second kappa shape index (κ2) is 5.74. The number of anilines is 1. The van der Waals surface area contributed by atoms with Gasteiger partial charge in [-0.1, -0.05) is 22.0 Å². The number of hydrogen-bond donors (Lipinski definition) is 3. The third-order valence-electron chi connectivity index (χ3n) is 3.08. The SMILES string of the molecule is COc1nc2nccc(C(=N)N(O)c3cccc(Br)c3)c2[nH]1. The van der Waals surface area contributed by atoms with Gasteiger partial charge in [0.1, 0.15) is 0 Å². The van der Waals surface area contributed by atoms with Crippen molar-refractivity contribution in [2.75, 3.05) is 12.2 Å². The third kappa shape index (κ3) is 2.53. The number of aromatic amines is 1. The van der Waals surface area contributed by atoms with E-state index in [1.807, 2.05) is 6.07 Å². The van der Waals surface area contributed by atoms with Gasteiger partial charge >= 0.3 is 0 Å². The zero-order valence-corrected chi connectivity index (χ0v) is 13.1. The molecule has 0 unspecified atom stereocenters. The van der Waals surface area contributed by atoms with Gasteiger partial charge < -0.3 is 9.72 Å². The Morgan fingerprint density at radius 1 is 1.41 bits per heavy atom. The highest BCUT2D eigenvalue weighted by molar-refractivity contribution is 9.10. The van der Waals surface area contributed by atoms with Gasteiger partial charge in [-0.2, -0.15) is 4.98 Å². The Hall–Kier alpha value is -2.45. The average molecular weight is 362 g/mol. The molecule has 112 valence electrons. The number of rotatable bonds is 3. The molecule has 7 nitrogen and oxygen atoms in total. The van der Waals surface area contributed by atoms with Crippen molar-refractivity contribution in [1.82, 2.24) is 15.0 Å². The Morgan fingerprint density at radius 2 is 2.23 bits per heavy atom. The first-order valence-corrected chi connectivity index (χ1v) is 7.11. The number of benzene rings is 1. The van der Waals surface area contributed by atoms with E-state index in [4.69, 9.17) is 10.1 Å². The van der Waals surface area contributed by atoms with E-state index in [-0.39, 0.29) is 5.84 Å². The fourth-order valence-corrected chi connectivity index (χ4v) is 2.42. The van der Waals surface area contributed by atoms with Crippen molar-refractivity contribution in [3.8, 4) is 6.01 Å². The summed E-state index contributed by atoms with van der Waals surface area (Å²) in [5.41, 5.74) is 1.87. The van der Waals surface area contributed by atoms with E-state index in [1.54, 1.807) is 24.3 Å². The molecule has 3 N–H and O–H groups in total. The van der Waals surface area contributed by atoms with Gasteiger partial charge in [-0.25, -0.2) is 10.0 Å². The highest BCUT2D eigenvalue weighted by Gasteiger charge is 2.17. The maximum atomic E-state index is 10.3. The lowest BCUT2D eigenvalue weighted by atomic mass is 10.2. The summed E-state index contributed by atoms with van der Waals surface area (Å²) < 4.78 is 5.84. The van der Waals surface area contributed by atoms with Crippen molar-refractivity contribution >= 4 is 38.6 Å². The van der Waals surface area contributed by atoms with E-state index >= 15 is 0 Å². The van der Waals surface area contributed by atoms with E-state index in [1.165, 1.54) is 13.3 Å². The second-order valence-corrected chi connectivity index (χ2v) is 5.36. The predicted octanol–water partition coefficient (Wildman–Crippen LogP) is 2.95. The van der Waals surface area contributed by atoms with Crippen LogP contribution in [0.2, 0.25) is 0 Å². The highest BCUT2D eigenvalue weighted by Crippen LogP contribution is 2.23. The van der Waals surface area contributed by atoms with Crippen LogP contribution in [0.15, 0.2) is 41.0 Å². The first-order valence-electron chi connectivity index (χ1n) is 6.32. The van der Waals surface area contributed by atoms with Gasteiger partial charge in [-0.3, -0.25) is 10.6 Å². The van der Waals surface area contributed by atoms with E-state index in [0.717, 1.165) is 9.54 Å². The zero-order valence-electron chi connectivity index (χ0n) is 11.5. The van der Waals surface area contributed by atoms with Crippen LogP contribution in [0.25, 0.3) is 11.2 Å². The van der Waals surface area contributed by atoms with Crippen LogP contribution in [-0.4, -0.2) is 33.1 Å². The van der Waals surface area contributed by atoms with Crippen molar-refractivity contribution in [3.63, 3.8) is 0 Å². The molecule has 0 saturated heterocycles. The molecule has 0 fully saturated rings. The molecule has 0 radical (unpaired) electrons. The average Bonchev–Trinajstić information content (AvgIpc) is 2.96. The number of hydroxylamine groups is 1. The molecule has 0 bridgehead atoms. The predicted molar refractivity (Wildman–Crippen MR) is 85.7 cm³/mol. The first kappa shape index (κ1) is 14.5. The summed E-state index contributed by atoms with van der Waals surface area (Å²) in [5, 5.41) is 19.3. The minimum atomic E-state index is -0.100. The van der Waals surface area contributed by atoms with Gasteiger partial charge in [-0.05, 0) is 24.3 Å². The van der Waals surface area contributed by atoms with E-state index in [2.05, 4.69) is 30.9 Å². The minimum absolute atomic E-state index is 0.100. The van der Waals surface area contributed by atoms with Crippen LogP contribution < -0.4 is 9.80 Å². The molecule has 0 aliphatic heterocycles. The number of imidazole rings is 1. The summed E-state index contributed by atoms with van der Waals surface area (Å²) in [6.45, 7) is 0. The summed E-state index contributed by atoms with van der Waals surface area (Å²) in [6, 6.07) is 8.95. The summed E-state index contributed by atoms with van der Waals surface area (Å²) in [4.78, 5) is 11.2. The quantitative estimate of drug-likeness (QED) is 0.378. The van der Waals surface area contributed by atoms with Crippen molar-refractivity contribution in [2.45, 2.75) is 0 Å². The Bertz CT molecular complexity index is 848. The van der Waals surface area contributed by atoms with Crippen molar-refractivity contribution in [2.24, 2.45) is 0 Å². The molecular formula is C14H12BrN5O2. The molecule has 0 aliphatic rings. The van der Waals surface area contributed by atoms with Crippen LogP contribution in [0.3, 0.4) is 0 Å². The number of nitrogens with zero attached hydrogens (tertiary/aromatic N) is 3. The van der Waals surface area contributed by atoms with Crippen LogP contribution in [0.1, 0.15) is 5.56 Å². The standard InChI is InChI=1S/C14H12BrN5O2/c1-22-14-18-11-10(5-6-17-13(11)19-14)12(16)20(21)9-4-2-3-8(15)7-9/h2-7,16,21H,1H3,(H,17,18,19). The summed E-state index contributed by atoms with van der Waals surface area (Å²) in [5.74, 6) is -0.100. The van der Waals surface area contributed by atoms with E-state index in [9.17, 15) is 5.21 Å². The summed E-state index contributed by atoms with van der Waals surface area (Å²) in [7, 11) is 1.49. The number of amidine groups is 1. The molecule has 3 rings (SSSR count). The Kier molecular flexibility index (Phi) is 3.78. The van der Waals surface area contributed by atoms with Gasteiger partial charge in [0.05, 0.1) is 18.3 Å². The fraction of sp³-hybridized carbons (Fsp3) is 0.0714. The van der Waals surface area contributed by atoms with Crippen LogP contribution in [0.4, 0.5) is 5.69 Å². The second-order valence-electron chi connectivity index (χ2n) is 4.44. The third-order valence-corrected chi connectivity index (χ3v) is 3.58. The highest BCUT2D eigenvalue weighted by atomic mass is 79.9. The number of halogens is 1. The zero-order chi connectivity index (χ0) is 15.7. The molecular weight excluding hydrogens is 350 g/mol. The Balaban J connectivity index is 2.03. The van der Waals surface area contributed by atoms with Gasteiger partial charge in [0.2, 0.25) is 0 Å². The molecule has 2 heterocycles. The number of nitrogens with one attached hydrogen (secondary N) is 2. The largest absolute Gasteiger partial charge is 0.468 e. The van der Waals surface area contributed by atoms with Crippen molar-refractivity contribution in [3.05, 3.63) is 46.6 Å². The van der Waals surface area contributed by atoms with Crippen molar-refractivity contribution in [1.29, 1.82) is 5.41 Å². The fourth-order valence-electron chi connectivity index (χ4n) is 2.03. The van der Waals surface area contributed by atoms with Crippen molar-refractivity contribution < 1.29 is 9.94 Å². The van der Waals surface area contributed by atoms with E-state index in [0.29, 0.717) is 28.4 Å². The maximum absolute atomic E-state index is 10.3. The summed E-state index contributed by atoms with van der Waals surface area (Å²) in [6.07, 6.45) is 1.53. The molecule has 0 atom stereocenters. The molecule has 0 saturated carbocycles. The lowest BCUT2D eigenvalue weighted by molar-refractivity contribution is 0.312. The Labute approximate surface area is 134 Å². The maximum Gasteiger partial charge on any atom is 0.295 e. The lowest BCUT2D eigenvalue weighted by Crippen LogP contribution is -2.27. The number of hydrogen-bond acceptors (Lipinski definition) is 5. The number of pyridine rings is 1. The number of aromatic nitrogens is 3. The molecule has 3 aromatic rings. The van der Waals surface area contributed by atoms with Gasteiger partial charge in [0.25, 0.3) is 6.01 Å². The van der Waals surface area contributed by atoms with Crippen LogP contribution in [0.5, 0.6) is 6.01 Å². The molecule has 0 spiro atoms. The first-order chi connectivity index (χ1) is 10.6. The monoisotopic (exact) mass is 361 g/mol. The summed E-state index contributed by atoms with van der Waals surface area (Å²) >= 11 is 3.34. The van der Waals surface area contributed by atoms with Gasteiger partial charge in [0, 0.05) is 16.2 Å². The number of methoxy groups -OCH3 is 1. The molecule has 0 amide bonds. The van der Waals surface area contributed by atoms with Crippen LogP contribution in [0, 0.1) is 5.41 Å². The van der Waals surface area contributed by atoms with Gasteiger partial charge in [0.15, 0.2) is 11.5 Å². The molecule has 2 aromatic heterocycles. The smallest absolute Gasteiger partial charge is 0.295 e. The topological polar surface area (TPSA) is 98.1 Å². The number of fused-ring (bicyclic) bond motifs is 1. The molecule has 22 heavy (non-hydrogen) atoms. The lowest BCUT2D eigenvalue weighted by Gasteiger charge is -2.18. The molecule has 8 heteroatoms. The van der Waals surface area contributed by atoms with Gasteiger partial charge in [-0.15, -0.1) is 0 Å². The molecule has 0 aliphatic carbocycles. The van der Waals surface area contributed by atoms with Crippen LogP contribution >= 0.6 is 15.9 Å². The minimum Gasteiger partial charge on any atom is -0.468 e. The Morgan fingerprint density at radius 3 is 2.95 bits per heavy atom. The van der Waals surface area contributed by atoms with E-state index < -0.39 is 0 Å². The normalized spacial score (nSPS) is 10.7. The molecule has 1 aromatic carbocycles. The number of ether oxygens (including phenoxy) is 1. The van der Waals surface area contributed by atoms with Crippen LogP contribution in [-0.2, 0) is 0 Å².